The minimum atomic E-state index is -4.46. The number of urea groups is 1. The first-order valence-electron chi connectivity index (χ1n) is 9.46. The van der Waals surface area contributed by atoms with Crippen LogP contribution in [0.15, 0.2) is 48.5 Å². The summed E-state index contributed by atoms with van der Waals surface area (Å²) in [6, 6.07) is 9.74. The lowest BCUT2D eigenvalue weighted by Gasteiger charge is -2.18. The Morgan fingerprint density at radius 2 is 1.76 bits per heavy atom. The summed E-state index contributed by atoms with van der Waals surface area (Å²) in [6.07, 6.45) is -0.702. The maximum atomic E-state index is 13.0. The predicted molar refractivity (Wildman–Crippen MR) is 101 cm³/mol. The first kappa shape index (κ1) is 21.0. The summed E-state index contributed by atoms with van der Waals surface area (Å²) in [5, 5.41) is 5.28. The molecular formula is C21H22F4N2O2. The molecule has 1 aliphatic carbocycles. The fourth-order valence-electron chi connectivity index (χ4n) is 3.36. The smallest absolute Gasteiger partial charge is 0.416 e. The Morgan fingerprint density at radius 3 is 2.48 bits per heavy atom. The summed E-state index contributed by atoms with van der Waals surface area (Å²) >= 11 is 0. The Bertz CT molecular complexity index is 824. The number of halogens is 4. The lowest BCUT2D eigenvalue weighted by molar-refractivity contribution is -0.137. The molecule has 156 valence electrons. The molecule has 3 rings (SSSR count). The topological polar surface area (TPSA) is 50.4 Å². The van der Waals surface area contributed by atoms with Gasteiger partial charge in [-0.05, 0) is 74.6 Å². The molecule has 0 bridgehead atoms. The van der Waals surface area contributed by atoms with Gasteiger partial charge in [0.15, 0.2) is 0 Å². The van der Waals surface area contributed by atoms with Crippen LogP contribution in [-0.4, -0.2) is 18.2 Å². The molecule has 4 nitrogen and oxygen atoms in total. The summed E-state index contributed by atoms with van der Waals surface area (Å²) in [4.78, 5) is 12.2. The van der Waals surface area contributed by atoms with Gasteiger partial charge >= 0.3 is 12.2 Å². The van der Waals surface area contributed by atoms with Gasteiger partial charge in [0.2, 0.25) is 0 Å². The van der Waals surface area contributed by atoms with Gasteiger partial charge in [0, 0.05) is 11.7 Å². The number of rotatable bonds is 4. The second-order valence-electron chi connectivity index (χ2n) is 7.08. The number of amides is 2. The molecular weight excluding hydrogens is 388 g/mol. The van der Waals surface area contributed by atoms with Crippen molar-refractivity contribution in [3.05, 3.63) is 59.9 Å². The minimum Gasteiger partial charge on any atom is -0.490 e. The molecule has 2 aromatic rings. The van der Waals surface area contributed by atoms with Crippen molar-refractivity contribution in [1.29, 1.82) is 0 Å². The first-order valence-corrected chi connectivity index (χ1v) is 9.46. The zero-order valence-electron chi connectivity index (χ0n) is 15.6. The highest BCUT2D eigenvalue weighted by Gasteiger charge is 2.30. The summed E-state index contributed by atoms with van der Waals surface area (Å²) < 4.78 is 57.2. The minimum absolute atomic E-state index is 0.0289. The fraction of sp³-hybridized carbons (Fsp3) is 0.381. The zero-order chi connectivity index (χ0) is 20.9. The van der Waals surface area contributed by atoms with Crippen LogP contribution in [0.1, 0.15) is 37.7 Å². The molecule has 1 aliphatic rings. The number of hydrogen-bond acceptors (Lipinski definition) is 2. The summed E-state index contributed by atoms with van der Waals surface area (Å²) in [6.45, 7) is 0. The normalized spacial score (nSPS) is 19.9. The van der Waals surface area contributed by atoms with E-state index in [-0.39, 0.29) is 23.7 Å². The molecule has 2 amide bonds. The zero-order valence-corrected chi connectivity index (χ0v) is 15.6. The highest BCUT2D eigenvalue weighted by Crippen LogP contribution is 2.30. The molecule has 0 saturated heterocycles. The highest BCUT2D eigenvalue weighted by atomic mass is 19.4. The van der Waals surface area contributed by atoms with Crippen LogP contribution in [0.2, 0.25) is 0 Å². The third-order valence-corrected chi connectivity index (χ3v) is 4.82. The van der Waals surface area contributed by atoms with Crippen LogP contribution in [0, 0.1) is 5.82 Å². The Balaban J connectivity index is 1.49. The molecule has 1 saturated carbocycles. The number of alkyl halides is 3. The lowest BCUT2D eigenvalue weighted by atomic mass is 10.1. The van der Waals surface area contributed by atoms with E-state index >= 15 is 0 Å². The number of benzene rings is 2. The quantitative estimate of drug-likeness (QED) is 0.498. The molecule has 1 fully saturated rings. The number of carbonyl (C=O) groups is 1. The lowest BCUT2D eigenvalue weighted by Crippen LogP contribution is -2.37. The molecule has 29 heavy (non-hydrogen) atoms. The van der Waals surface area contributed by atoms with Crippen LogP contribution in [0.25, 0.3) is 0 Å². The molecule has 2 N–H and O–H groups in total. The van der Waals surface area contributed by atoms with Crippen LogP contribution < -0.4 is 15.4 Å². The maximum Gasteiger partial charge on any atom is 0.416 e. The van der Waals surface area contributed by atoms with Gasteiger partial charge in [0.1, 0.15) is 11.6 Å². The van der Waals surface area contributed by atoms with E-state index in [1.807, 2.05) is 0 Å². The van der Waals surface area contributed by atoms with Crippen molar-refractivity contribution in [3.8, 4) is 5.75 Å². The molecule has 8 heteroatoms. The van der Waals surface area contributed by atoms with E-state index in [0.29, 0.717) is 18.6 Å². The van der Waals surface area contributed by atoms with Crippen molar-refractivity contribution >= 4 is 11.7 Å². The van der Waals surface area contributed by atoms with E-state index in [4.69, 9.17) is 4.74 Å². The van der Waals surface area contributed by atoms with Gasteiger partial charge in [-0.2, -0.15) is 13.2 Å². The van der Waals surface area contributed by atoms with E-state index in [0.717, 1.165) is 31.4 Å². The van der Waals surface area contributed by atoms with Gasteiger partial charge in [-0.25, -0.2) is 9.18 Å². The second kappa shape index (κ2) is 9.15. The van der Waals surface area contributed by atoms with Crippen LogP contribution in [0.5, 0.6) is 5.75 Å². The number of anilines is 1. The monoisotopic (exact) mass is 410 g/mol. The van der Waals surface area contributed by atoms with Crippen LogP contribution >= 0.6 is 0 Å². The third-order valence-electron chi connectivity index (χ3n) is 4.82. The van der Waals surface area contributed by atoms with E-state index in [1.165, 1.54) is 24.3 Å². The Hall–Kier alpha value is -2.77. The second-order valence-corrected chi connectivity index (χ2v) is 7.08. The molecule has 0 heterocycles. The molecule has 2 aromatic carbocycles. The van der Waals surface area contributed by atoms with Crippen molar-refractivity contribution < 1.29 is 27.1 Å². The highest BCUT2D eigenvalue weighted by molar-refractivity contribution is 5.89. The van der Waals surface area contributed by atoms with Crippen molar-refractivity contribution in [2.24, 2.45) is 0 Å². The predicted octanol–water partition coefficient (Wildman–Crippen LogP) is 5.75. The number of nitrogens with one attached hydrogen (secondary N) is 2. The van der Waals surface area contributed by atoms with Gasteiger partial charge in [-0.1, -0.05) is 6.07 Å². The van der Waals surface area contributed by atoms with Gasteiger partial charge in [0.25, 0.3) is 0 Å². The fourth-order valence-corrected chi connectivity index (χ4v) is 3.36. The van der Waals surface area contributed by atoms with E-state index < -0.39 is 17.8 Å². The molecule has 2 unspecified atom stereocenters. The Morgan fingerprint density at radius 1 is 1.00 bits per heavy atom. The average molecular weight is 410 g/mol. The van der Waals surface area contributed by atoms with E-state index in [2.05, 4.69) is 10.6 Å². The number of ether oxygens (including phenoxy) is 1. The Labute approximate surface area is 166 Å². The van der Waals surface area contributed by atoms with Crippen molar-refractivity contribution in [2.45, 2.75) is 50.4 Å². The van der Waals surface area contributed by atoms with Gasteiger partial charge in [-0.3, -0.25) is 0 Å². The van der Waals surface area contributed by atoms with Crippen LogP contribution in [0.4, 0.5) is 28.0 Å². The SMILES string of the molecule is O=C(Nc1cccc(C(F)(F)F)c1)NC1CCCC(Oc2ccc(F)cc2)CC1. The standard InChI is InChI=1S/C21H22F4N2O2/c22-15-7-10-19(11-8-15)29-18-6-2-4-16(9-12-18)26-20(28)27-17-5-1-3-14(13-17)21(23,24)25/h1,3,5,7-8,10-11,13,16,18H,2,4,6,9,12H2,(H2,26,27,28). The van der Waals surface area contributed by atoms with E-state index in [9.17, 15) is 22.4 Å². The van der Waals surface area contributed by atoms with Crippen molar-refractivity contribution in [2.75, 3.05) is 5.32 Å². The van der Waals surface area contributed by atoms with Gasteiger partial charge in [0.05, 0.1) is 11.7 Å². The molecule has 0 radical (unpaired) electrons. The van der Waals surface area contributed by atoms with Crippen molar-refractivity contribution in [3.63, 3.8) is 0 Å². The summed E-state index contributed by atoms with van der Waals surface area (Å²) in [5.74, 6) is 0.277. The van der Waals surface area contributed by atoms with Gasteiger partial charge < -0.3 is 15.4 Å². The van der Waals surface area contributed by atoms with Crippen molar-refractivity contribution in [1.82, 2.24) is 5.32 Å². The summed E-state index contributed by atoms with van der Waals surface area (Å²) in [5.41, 5.74) is -0.728. The van der Waals surface area contributed by atoms with Crippen LogP contribution in [0.3, 0.4) is 0 Å². The number of hydrogen-bond donors (Lipinski definition) is 2. The van der Waals surface area contributed by atoms with E-state index in [1.54, 1.807) is 12.1 Å². The molecule has 0 aromatic heterocycles. The molecule has 0 spiro atoms. The molecule has 2 atom stereocenters. The third kappa shape index (κ3) is 6.37. The average Bonchev–Trinajstić information content (AvgIpc) is 2.88. The molecule has 0 aliphatic heterocycles. The largest absolute Gasteiger partial charge is 0.490 e. The summed E-state index contributed by atoms with van der Waals surface area (Å²) in [7, 11) is 0. The van der Waals surface area contributed by atoms with Crippen LogP contribution in [-0.2, 0) is 6.18 Å². The Kier molecular flexibility index (Phi) is 6.61. The maximum absolute atomic E-state index is 13.0. The number of carbonyl (C=O) groups excluding carboxylic acids is 1. The van der Waals surface area contributed by atoms with Gasteiger partial charge in [-0.15, -0.1) is 0 Å². The first-order chi connectivity index (χ1) is 13.8.